The van der Waals surface area contributed by atoms with Crippen molar-refractivity contribution in [2.45, 2.75) is 46.6 Å². The fourth-order valence-corrected chi connectivity index (χ4v) is 2.13. The summed E-state index contributed by atoms with van der Waals surface area (Å²) in [6.07, 6.45) is 3.78. The zero-order valence-electron chi connectivity index (χ0n) is 12.9. The molecule has 0 fully saturated rings. The van der Waals surface area contributed by atoms with Crippen LogP contribution in [0.4, 0.5) is 4.39 Å². The van der Waals surface area contributed by atoms with Crippen molar-refractivity contribution in [1.82, 2.24) is 25.1 Å². The first-order valence-electron chi connectivity index (χ1n) is 7.49. The van der Waals surface area contributed by atoms with E-state index in [4.69, 9.17) is 0 Å². The third-order valence-electron chi connectivity index (χ3n) is 3.20. The van der Waals surface area contributed by atoms with Crippen LogP contribution in [-0.4, -0.2) is 26.3 Å². The normalized spacial score (nSPS) is 11.0. The van der Waals surface area contributed by atoms with Crippen molar-refractivity contribution < 1.29 is 4.39 Å². The zero-order valence-corrected chi connectivity index (χ0v) is 12.9. The summed E-state index contributed by atoms with van der Waals surface area (Å²) in [4.78, 5) is 8.71. The highest BCUT2D eigenvalue weighted by Gasteiger charge is 2.14. The summed E-state index contributed by atoms with van der Waals surface area (Å²) in [5, 5.41) is 7.76. The van der Waals surface area contributed by atoms with E-state index in [1.54, 1.807) is 4.68 Å². The number of hydrogen-bond acceptors (Lipinski definition) is 4. The van der Waals surface area contributed by atoms with Crippen LogP contribution in [0.1, 0.15) is 44.4 Å². The van der Waals surface area contributed by atoms with E-state index in [0.717, 1.165) is 43.0 Å². The second-order valence-electron chi connectivity index (χ2n) is 4.88. The largest absolute Gasteiger partial charge is 0.313 e. The van der Waals surface area contributed by atoms with Crippen LogP contribution in [0.25, 0.3) is 5.82 Å². The highest BCUT2D eigenvalue weighted by molar-refractivity contribution is 5.34. The Morgan fingerprint density at radius 1 is 1.24 bits per heavy atom. The summed E-state index contributed by atoms with van der Waals surface area (Å²) in [7, 11) is 0. The number of nitrogens with zero attached hydrogens (tertiary/aromatic N) is 4. The van der Waals surface area contributed by atoms with Crippen molar-refractivity contribution in [3.8, 4) is 5.82 Å². The molecule has 0 unspecified atom stereocenters. The van der Waals surface area contributed by atoms with Gasteiger partial charge >= 0.3 is 0 Å². The number of aromatic nitrogens is 4. The molecule has 0 spiro atoms. The first-order valence-corrected chi connectivity index (χ1v) is 7.49. The second-order valence-corrected chi connectivity index (χ2v) is 4.88. The van der Waals surface area contributed by atoms with Gasteiger partial charge in [0.2, 0.25) is 0 Å². The number of pyridine rings is 1. The van der Waals surface area contributed by atoms with Gasteiger partial charge in [0.25, 0.3) is 0 Å². The fraction of sp³-hybridized carbons (Fsp3) is 0.533. The van der Waals surface area contributed by atoms with Crippen LogP contribution in [0.5, 0.6) is 0 Å². The maximum atomic E-state index is 13.5. The minimum Gasteiger partial charge on any atom is -0.313 e. The van der Waals surface area contributed by atoms with E-state index in [1.165, 1.54) is 12.3 Å². The van der Waals surface area contributed by atoms with Gasteiger partial charge in [0, 0.05) is 24.9 Å². The maximum Gasteiger partial charge on any atom is 0.160 e. The third kappa shape index (κ3) is 3.64. The Hall–Kier alpha value is -1.82. The molecule has 2 rings (SSSR count). The van der Waals surface area contributed by atoms with Crippen LogP contribution in [0.2, 0.25) is 0 Å². The molecule has 0 atom stereocenters. The quantitative estimate of drug-likeness (QED) is 0.796. The van der Waals surface area contributed by atoms with Crippen molar-refractivity contribution in [3.05, 3.63) is 35.3 Å². The molecule has 0 saturated heterocycles. The summed E-state index contributed by atoms with van der Waals surface area (Å²) < 4.78 is 15.2. The topological polar surface area (TPSA) is 55.6 Å². The lowest BCUT2D eigenvalue weighted by atomic mass is 10.2. The van der Waals surface area contributed by atoms with Crippen LogP contribution >= 0.6 is 0 Å². The molecule has 114 valence electrons. The smallest absolute Gasteiger partial charge is 0.160 e. The summed E-state index contributed by atoms with van der Waals surface area (Å²) in [6.45, 7) is 7.59. The highest BCUT2D eigenvalue weighted by Crippen LogP contribution is 2.15. The summed E-state index contributed by atoms with van der Waals surface area (Å²) in [5.74, 6) is 1.96. The predicted molar refractivity (Wildman–Crippen MR) is 79.9 cm³/mol. The molecule has 2 aromatic rings. The van der Waals surface area contributed by atoms with Crippen molar-refractivity contribution >= 4 is 0 Å². The van der Waals surface area contributed by atoms with Gasteiger partial charge in [-0.2, -0.15) is 4.68 Å². The molecule has 2 heterocycles. The van der Waals surface area contributed by atoms with Crippen LogP contribution in [0.15, 0.2) is 12.3 Å². The first kappa shape index (κ1) is 15.6. The fourth-order valence-electron chi connectivity index (χ4n) is 2.13. The van der Waals surface area contributed by atoms with Crippen molar-refractivity contribution in [1.29, 1.82) is 0 Å². The zero-order chi connectivity index (χ0) is 15.2. The number of aryl methyl sites for hydroxylation is 2. The van der Waals surface area contributed by atoms with Crippen LogP contribution in [0, 0.1) is 5.82 Å². The SMILES string of the molecule is CCCNCc1cc(F)cnc1-n1nc(CC)nc1CC. The summed E-state index contributed by atoms with van der Waals surface area (Å²) >= 11 is 0. The lowest BCUT2D eigenvalue weighted by molar-refractivity contribution is 0.605. The summed E-state index contributed by atoms with van der Waals surface area (Å²) in [5.41, 5.74) is 0.797. The molecule has 0 radical (unpaired) electrons. The van der Waals surface area contributed by atoms with Gasteiger partial charge in [0.05, 0.1) is 6.20 Å². The average molecular weight is 291 g/mol. The van der Waals surface area contributed by atoms with Gasteiger partial charge in [-0.25, -0.2) is 14.4 Å². The molecule has 0 saturated carbocycles. The van der Waals surface area contributed by atoms with E-state index in [1.807, 2.05) is 13.8 Å². The van der Waals surface area contributed by atoms with Crippen LogP contribution < -0.4 is 5.32 Å². The molecule has 1 N–H and O–H groups in total. The van der Waals surface area contributed by atoms with Crippen molar-refractivity contribution in [2.24, 2.45) is 0 Å². The van der Waals surface area contributed by atoms with Gasteiger partial charge in [-0.15, -0.1) is 5.10 Å². The molecule has 2 aromatic heterocycles. The summed E-state index contributed by atoms with van der Waals surface area (Å²) in [6, 6.07) is 1.51. The van der Waals surface area contributed by atoms with E-state index < -0.39 is 0 Å². The molecule has 5 nitrogen and oxygen atoms in total. The average Bonchev–Trinajstić information content (AvgIpc) is 2.91. The van der Waals surface area contributed by atoms with Crippen LogP contribution in [-0.2, 0) is 19.4 Å². The molecule has 0 aliphatic heterocycles. The molecule has 21 heavy (non-hydrogen) atoms. The van der Waals surface area contributed by atoms with Gasteiger partial charge in [-0.3, -0.25) is 0 Å². The molecule has 0 aromatic carbocycles. The number of halogens is 1. The maximum absolute atomic E-state index is 13.5. The predicted octanol–water partition coefficient (Wildman–Crippen LogP) is 2.43. The minimum atomic E-state index is -0.332. The standard InChI is InChI=1S/C15H22FN5/c1-4-7-17-9-11-8-12(16)10-18-15(11)21-14(6-3)19-13(5-2)20-21/h8,10,17H,4-7,9H2,1-3H3. The Bertz CT molecular complexity index is 594. The van der Waals surface area contributed by atoms with E-state index in [0.29, 0.717) is 12.4 Å². The third-order valence-corrected chi connectivity index (χ3v) is 3.20. The van der Waals surface area contributed by atoms with Gasteiger partial charge < -0.3 is 5.32 Å². The lowest BCUT2D eigenvalue weighted by Gasteiger charge is -2.11. The Labute approximate surface area is 124 Å². The number of nitrogens with one attached hydrogen (secondary N) is 1. The molecule has 0 aliphatic rings. The lowest BCUT2D eigenvalue weighted by Crippen LogP contribution is -2.17. The van der Waals surface area contributed by atoms with Gasteiger partial charge in [0.1, 0.15) is 11.6 Å². The first-order chi connectivity index (χ1) is 10.2. The second kappa shape index (κ2) is 7.26. The minimum absolute atomic E-state index is 0.332. The number of hydrogen-bond donors (Lipinski definition) is 1. The van der Waals surface area contributed by atoms with E-state index in [9.17, 15) is 4.39 Å². The molecular formula is C15H22FN5. The molecule has 0 bridgehead atoms. The Morgan fingerprint density at radius 3 is 2.71 bits per heavy atom. The van der Waals surface area contributed by atoms with Crippen molar-refractivity contribution in [2.75, 3.05) is 6.54 Å². The van der Waals surface area contributed by atoms with Crippen LogP contribution in [0.3, 0.4) is 0 Å². The monoisotopic (exact) mass is 291 g/mol. The highest BCUT2D eigenvalue weighted by atomic mass is 19.1. The van der Waals surface area contributed by atoms with Crippen molar-refractivity contribution in [3.63, 3.8) is 0 Å². The Balaban J connectivity index is 2.40. The van der Waals surface area contributed by atoms with E-state index >= 15 is 0 Å². The van der Waals surface area contributed by atoms with Gasteiger partial charge in [-0.05, 0) is 19.0 Å². The van der Waals surface area contributed by atoms with E-state index in [-0.39, 0.29) is 5.82 Å². The molecular weight excluding hydrogens is 269 g/mol. The molecule has 0 amide bonds. The molecule has 6 heteroatoms. The molecule has 0 aliphatic carbocycles. The Morgan fingerprint density at radius 2 is 2.05 bits per heavy atom. The number of rotatable bonds is 7. The Kier molecular flexibility index (Phi) is 5.38. The van der Waals surface area contributed by atoms with Gasteiger partial charge in [0.15, 0.2) is 11.6 Å². The van der Waals surface area contributed by atoms with Gasteiger partial charge in [-0.1, -0.05) is 20.8 Å². The van der Waals surface area contributed by atoms with E-state index in [2.05, 4.69) is 27.3 Å².